The van der Waals surface area contributed by atoms with Gasteiger partial charge in [-0.1, -0.05) is 36.4 Å². The molecule has 0 aliphatic heterocycles. The molecule has 0 amide bonds. The topological polar surface area (TPSA) is 92.7 Å². The maximum atomic E-state index is 13.8. The summed E-state index contributed by atoms with van der Waals surface area (Å²) in [6.45, 7) is -3.27. The van der Waals surface area contributed by atoms with Crippen LogP contribution in [0.4, 0.5) is 17.6 Å². The molecule has 0 bridgehead atoms. The number of alkyl halides is 4. The first-order chi connectivity index (χ1) is 16.4. The summed E-state index contributed by atoms with van der Waals surface area (Å²) in [6.07, 6.45) is -6.08. The lowest BCUT2D eigenvalue weighted by Crippen LogP contribution is -2.52. The van der Waals surface area contributed by atoms with Gasteiger partial charge in [0.15, 0.2) is 21.3 Å². The number of benzene rings is 3. The van der Waals surface area contributed by atoms with Crippen molar-refractivity contribution in [1.29, 1.82) is 0 Å². The normalized spacial score (nSPS) is 13.8. The van der Waals surface area contributed by atoms with Crippen LogP contribution < -0.4 is 4.74 Å². The van der Waals surface area contributed by atoms with E-state index in [1.807, 2.05) is 60.7 Å². The summed E-state index contributed by atoms with van der Waals surface area (Å²) in [4.78, 5) is 14.7. The van der Waals surface area contributed by atoms with E-state index in [9.17, 15) is 35.3 Å². The van der Waals surface area contributed by atoms with Crippen LogP contribution in [0.5, 0.6) is 5.75 Å². The Morgan fingerprint density at radius 3 is 1.69 bits per heavy atom. The predicted molar refractivity (Wildman–Crippen MR) is 118 cm³/mol. The summed E-state index contributed by atoms with van der Waals surface area (Å²) >= 11 is 0. The Labute approximate surface area is 201 Å². The molecule has 3 rings (SSSR count). The lowest BCUT2D eigenvalue weighted by molar-refractivity contribution is -0.214. The molecule has 3 aromatic carbocycles. The van der Waals surface area contributed by atoms with Crippen molar-refractivity contribution < 1.29 is 44.8 Å². The van der Waals surface area contributed by atoms with Gasteiger partial charge in [0.25, 0.3) is 0 Å². The van der Waals surface area contributed by atoms with Crippen molar-refractivity contribution in [3.05, 3.63) is 84.9 Å². The molecule has 0 spiro atoms. The Balaban J connectivity index is 1.68. The smallest absolute Gasteiger partial charge is 0.439 e. The second-order valence-corrected chi connectivity index (χ2v) is 10.6. The standard InChI is InChI=1S/C23H18F4O6S2/c24-22(23(25,26)27,35(29,30)31)16-33-21(28)15-32-17-11-13-20(14-12-17)34(18-7-3-1-4-8-18)19-9-5-2-6-10-19/h1-14H,15-16H2. The fourth-order valence-corrected chi connectivity index (χ4v) is 5.42. The minimum atomic E-state index is -6.50. The van der Waals surface area contributed by atoms with Crippen LogP contribution in [-0.2, 0) is 30.5 Å². The molecule has 6 nitrogen and oxygen atoms in total. The molecule has 1 unspecified atom stereocenters. The van der Waals surface area contributed by atoms with Gasteiger partial charge in [0, 0.05) is 0 Å². The van der Waals surface area contributed by atoms with Crippen LogP contribution in [0.15, 0.2) is 99.6 Å². The average Bonchev–Trinajstić information content (AvgIpc) is 2.82. The van der Waals surface area contributed by atoms with Crippen molar-refractivity contribution >= 4 is 27.0 Å². The summed E-state index contributed by atoms with van der Waals surface area (Å²) in [5, 5.41) is -5.26. The zero-order valence-electron chi connectivity index (χ0n) is 17.8. The Morgan fingerprint density at radius 2 is 1.26 bits per heavy atom. The Hall–Kier alpha value is -3.09. The number of esters is 1. The van der Waals surface area contributed by atoms with E-state index in [-0.39, 0.29) is 5.75 Å². The lowest BCUT2D eigenvalue weighted by Gasteiger charge is -2.29. The van der Waals surface area contributed by atoms with Crippen molar-refractivity contribution in [3.8, 4) is 5.75 Å². The largest absolute Gasteiger partial charge is 0.745 e. The molecule has 0 N–H and O–H groups in total. The van der Waals surface area contributed by atoms with Gasteiger partial charge >= 0.3 is 17.1 Å². The van der Waals surface area contributed by atoms with Gasteiger partial charge in [-0.2, -0.15) is 13.2 Å². The number of carbonyl (C=O) groups is 1. The van der Waals surface area contributed by atoms with Crippen molar-refractivity contribution in [3.63, 3.8) is 0 Å². The molecule has 3 aromatic rings. The SMILES string of the molecule is O=C(COc1ccc([S+](c2ccccc2)c2ccccc2)cc1)OCC(F)(C(F)(F)F)S(=O)(=O)[O-]. The quantitative estimate of drug-likeness (QED) is 0.175. The van der Waals surface area contributed by atoms with Crippen LogP contribution in [0.25, 0.3) is 0 Å². The van der Waals surface area contributed by atoms with Gasteiger partial charge in [-0.3, -0.25) is 0 Å². The number of ether oxygens (including phenoxy) is 2. The third kappa shape index (κ3) is 6.32. The van der Waals surface area contributed by atoms with E-state index < -0.39 is 51.4 Å². The number of carbonyl (C=O) groups excluding carboxylic acids is 1. The van der Waals surface area contributed by atoms with Crippen LogP contribution >= 0.6 is 0 Å². The van der Waals surface area contributed by atoms with Gasteiger partial charge < -0.3 is 14.0 Å². The maximum absolute atomic E-state index is 13.8. The van der Waals surface area contributed by atoms with E-state index in [2.05, 4.69) is 4.74 Å². The zero-order valence-corrected chi connectivity index (χ0v) is 19.4. The van der Waals surface area contributed by atoms with Gasteiger partial charge in [0.1, 0.15) is 22.5 Å². The highest BCUT2D eigenvalue weighted by atomic mass is 32.2. The minimum Gasteiger partial charge on any atom is -0.745 e. The monoisotopic (exact) mass is 530 g/mol. The number of hydrogen-bond acceptors (Lipinski definition) is 6. The van der Waals surface area contributed by atoms with Gasteiger partial charge in [-0.25, -0.2) is 17.6 Å². The Kier molecular flexibility index (Phi) is 8.08. The maximum Gasteiger partial charge on any atom is 0.439 e. The summed E-state index contributed by atoms with van der Waals surface area (Å²) in [5.41, 5.74) is 0. The van der Waals surface area contributed by atoms with Crippen molar-refractivity contribution in [2.75, 3.05) is 13.2 Å². The fraction of sp³-hybridized carbons (Fsp3) is 0.174. The molecule has 0 heterocycles. The molecule has 186 valence electrons. The average molecular weight is 531 g/mol. The van der Waals surface area contributed by atoms with E-state index in [1.54, 1.807) is 12.1 Å². The highest BCUT2D eigenvalue weighted by molar-refractivity contribution is 7.97. The molecule has 0 fully saturated rings. The van der Waals surface area contributed by atoms with E-state index in [4.69, 9.17) is 4.74 Å². The second-order valence-electron chi connectivity index (χ2n) is 7.03. The first-order valence-corrected chi connectivity index (χ1v) is 12.5. The summed E-state index contributed by atoms with van der Waals surface area (Å²) in [6, 6.07) is 26.0. The second kappa shape index (κ2) is 10.7. The molecule has 0 saturated heterocycles. The first-order valence-electron chi connectivity index (χ1n) is 9.86. The fourth-order valence-electron chi connectivity index (χ4n) is 2.85. The van der Waals surface area contributed by atoms with E-state index in [0.717, 1.165) is 14.7 Å². The number of halogens is 4. The summed E-state index contributed by atoms with van der Waals surface area (Å²) in [7, 11) is -6.95. The summed E-state index contributed by atoms with van der Waals surface area (Å²) < 4.78 is 93.1. The predicted octanol–water partition coefficient (Wildman–Crippen LogP) is 4.48. The van der Waals surface area contributed by atoms with Crippen molar-refractivity contribution in [2.24, 2.45) is 0 Å². The molecule has 0 aliphatic carbocycles. The zero-order chi connectivity index (χ0) is 25.7. The van der Waals surface area contributed by atoms with Crippen molar-refractivity contribution in [1.82, 2.24) is 0 Å². The van der Waals surface area contributed by atoms with E-state index >= 15 is 0 Å². The van der Waals surface area contributed by atoms with Gasteiger partial charge in [-0.15, -0.1) is 0 Å². The molecular formula is C23H18F4O6S2. The number of hydrogen-bond donors (Lipinski definition) is 0. The molecule has 0 saturated carbocycles. The van der Waals surface area contributed by atoms with Crippen molar-refractivity contribution in [2.45, 2.75) is 25.9 Å². The van der Waals surface area contributed by atoms with Gasteiger partial charge in [0.05, 0.1) is 10.9 Å². The summed E-state index contributed by atoms with van der Waals surface area (Å²) in [5.74, 6) is -1.33. The lowest BCUT2D eigenvalue weighted by atomic mass is 10.3. The van der Waals surface area contributed by atoms with E-state index in [1.165, 1.54) is 12.1 Å². The first kappa shape index (κ1) is 26.5. The molecule has 12 heteroatoms. The number of rotatable bonds is 9. The van der Waals surface area contributed by atoms with Gasteiger partial charge in [0.2, 0.25) is 0 Å². The highest BCUT2D eigenvalue weighted by Gasteiger charge is 2.62. The van der Waals surface area contributed by atoms with E-state index in [0.29, 0.717) is 0 Å². The van der Waals surface area contributed by atoms with Crippen LogP contribution in [0.1, 0.15) is 0 Å². The minimum absolute atomic E-state index is 0.161. The molecule has 0 aliphatic rings. The highest BCUT2D eigenvalue weighted by Crippen LogP contribution is 2.38. The van der Waals surface area contributed by atoms with Gasteiger partial charge in [-0.05, 0) is 48.5 Å². The molecular weight excluding hydrogens is 512 g/mol. The third-order valence-corrected chi connectivity index (χ3v) is 7.98. The van der Waals surface area contributed by atoms with Crippen LogP contribution in [0.2, 0.25) is 0 Å². The molecule has 35 heavy (non-hydrogen) atoms. The Morgan fingerprint density at radius 1 is 0.800 bits per heavy atom. The molecule has 0 radical (unpaired) electrons. The van der Waals surface area contributed by atoms with Crippen LogP contribution in [0, 0.1) is 0 Å². The molecule has 0 aromatic heterocycles. The molecule has 1 atom stereocenters. The van der Waals surface area contributed by atoms with Crippen LogP contribution in [0.3, 0.4) is 0 Å². The van der Waals surface area contributed by atoms with Crippen LogP contribution in [-0.4, -0.2) is 43.3 Å². The third-order valence-electron chi connectivity index (χ3n) is 4.61. The Bertz CT molecular complexity index is 1200.